The third-order valence-corrected chi connectivity index (χ3v) is 4.18. The van der Waals surface area contributed by atoms with Crippen molar-refractivity contribution in [2.24, 2.45) is 5.92 Å². The minimum atomic E-state index is -0.550. The van der Waals surface area contributed by atoms with Crippen LogP contribution in [0.2, 0.25) is 0 Å². The molecule has 2 unspecified atom stereocenters. The van der Waals surface area contributed by atoms with Gasteiger partial charge in [-0.05, 0) is 36.2 Å². The summed E-state index contributed by atoms with van der Waals surface area (Å²) in [4.78, 5) is 0. The van der Waals surface area contributed by atoms with Crippen LogP contribution in [0.15, 0.2) is 30.9 Å². The molecule has 2 atom stereocenters. The van der Waals surface area contributed by atoms with Gasteiger partial charge < -0.3 is 10.6 Å². The average molecular weight is 296 g/mol. The second-order valence-electron chi connectivity index (χ2n) is 5.24. The van der Waals surface area contributed by atoms with Gasteiger partial charge in [0.2, 0.25) is 0 Å². The number of thiocarbonyl (C=S) groups is 1. The van der Waals surface area contributed by atoms with E-state index in [-0.39, 0.29) is 5.41 Å². The lowest BCUT2D eigenvalue weighted by molar-refractivity contribution is 0.525. The van der Waals surface area contributed by atoms with Gasteiger partial charge in [-0.2, -0.15) is 0 Å². The predicted molar refractivity (Wildman–Crippen MR) is 80.6 cm³/mol. The third-order valence-electron chi connectivity index (χ3n) is 3.89. The maximum atomic E-state index is 14.0. The molecule has 0 radical (unpaired) electrons. The Kier molecular flexibility index (Phi) is 4.38. The Labute approximate surface area is 123 Å². The lowest BCUT2D eigenvalue weighted by Crippen LogP contribution is -2.40. The zero-order valence-electron chi connectivity index (χ0n) is 11.4. The Bertz CT molecular complexity index is 533. The molecule has 0 saturated heterocycles. The molecular weight excluding hydrogens is 278 g/mol. The van der Waals surface area contributed by atoms with Crippen molar-refractivity contribution in [2.75, 3.05) is 13.1 Å². The van der Waals surface area contributed by atoms with Crippen molar-refractivity contribution in [3.63, 3.8) is 0 Å². The van der Waals surface area contributed by atoms with E-state index in [0.717, 1.165) is 12.5 Å². The number of hydrogen-bond donors (Lipinski definition) is 2. The first-order valence-corrected chi connectivity index (χ1v) is 6.98. The third kappa shape index (κ3) is 2.98. The molecule has 1 aliphatic rings. The number of hydrogen-bond acceptors (Lipinski definition) is 1. The fraction of sp³-hybridized carbons (Fsp3) is 0.400. The van der Waals surface area contributed by atoms with E-state index in [1.165, 1.54) is 12.1 Å². The molecule has 0 aromatic heterocycles. The fourth-order valence-electron chi connectivity index (χ4n) is 2.56. The van der Waals surface area contributed by atoms with Gasteiger partial charge in [-0.25, -0.2) is 8.78 Å². The molecule has 0 aliphatic heterocycles. The van der Waals surface area contributed by atoms with Gasteiger partial charge in [0, 0.05) is 24.6 Å². The molecule has 108 valence electrons. The summed E-state index contributed by atoms with van der Waals surface area (Å²) in [6.07, 6.45) is 2.58. The number of nitrogens with one attached hydrogen (secondary N) is 2. The summed E-state index contributed by atoms with van der Waals surface area (Å²) < 4.78 is 27.0. The molecular formula is C15H18F2N2S. The van der Waals surface area contributed by atoms with Gasteiger partial charge in [0.25, 0.3) is 0 Å². The highest BCUT2D eigenvalue weighted by Gasteiger charge is 2.53. The lowest BCUT2D eigenvalue weighted by Gasteiger charge is -2.20. The first kappa shape index (κ1) is 14.9. The van der Waals surface area contributed by atoms with E-state index in [2.05, 4.69) is 24.1 Å². The number of benzene rings is 1. The van der Waals surface area contributed by atoms with Crippen LogP contribution in [-0.2, 0) is 5.41 Å². The molecule has 0 bridgehead atoms. The molecule has 0 heterocycles. The van der Waals surface area contributed by atoms with Crippen LogP contribution in [0, 0.1) is 17.6 Å². The van der Waals surface area contributed by atoms with Crippen LogP contribution in [0.3, 0.4) is 0 Å². The van der Waals surface area contributed by atoms with Gasteiger partial charge in [0.15, 0.2) is 5.11 Å². The van der Waals surface area contributed by atoms with Gasteiger partial charge >= 0.3 is 0 Å². The molecule has 1 aromatic carbocycles. The topological polar surface area (TPSA) is 24.1 Å². The molecule has 1 fully saturated rings. The molecule has 20 heavy (non-hydrogen) atoms. The smallest absolute Gasteiger partial charge is 0.166 e. The quantitative estimate of drug-likeness (QED) is 0.645. The van der Waals surface area contributed by atoms with Gasteiger partial charge in [-0.3, -0.25) is 0 Å². The summed E-state index contributed by atoms with van der Waals surface area (Å²) in [6.45, 7) is 6.78. The molecule has 1 aromatic rings. The standard InChI is InChI=1S/C15H18F2N2S/c1-3-6-18-14(20)19-9-15(8-10(15)2)12-5-4-11(16)7-13(12)17/h3-5,7,10H,1,6,8-9H2,2H3,(H2,18,19,20). The Morgan fingerprint density at radius 2 is 2.20 bits per heavy atom. The van der Waals surface area contributed by atoms with Crippen molar-refractivity contribution in [2.45, 2.75) is 18.8 Å². The predicted octanol–water partition coefficient (Wildman–Crippen LogP) is 2.89. The molecule has 2 N–H and O–H groups in total. The monoisotopic (exact) mass is 296 g/mol. The van der Waals surface area contributed by atoms with Crippen LogP contribution in [0.1, 0.15) is 18.9 Å². The number of halogens is 2. The van der Waals surface area contributed by atoms with Gasteiger partial charge in [0.1, 0.15) is 11.6 Å². The Balaban J connectivity index is 2.07. The van der Waals surface area contributed by atoms with Crippen LogP contribution in [0.25, 0.3) is 0 Å². The van der Waals surface area contributed by atoms with E-state index in [1.807, 2.05) is 0 Å². The Hall–Kier alpha value is -1.49. The summed E-state index contributed by atoms with van der Waals surface area (Å²) in [5.74, 6) is -0.691. The summed E-state index contributed by atoms with van der Waals surface area (Å²) >= 11 is 5.13. The van der Waals surface area contributed by atoms with E-state index in [1.54, 1.807) is 6.08 Å². The summed E-state index contributed by atoms with van der Waals surface area (Å²) in [6, 6.07) is 3.78. The molecule has 1 saturated carbocycles. The summed E-state index contributed by atoms with van der Waals surface area (Å²) in [5, 5.41) is 6.59. The van der Waals surface area contributed by atoms with Crippen LogP contribution in [-0.4, -0.2) is 18.2 Å². The second-order valence-corrected chi connectivity index (χ2v) is 5.65. The van der Waals surface area contributed by atoms with Gasteiger partial charge in [-0.15, -0.1) is 6.58 Å². The van der Waals surface area contributed by atoms with Crippen LogP contribution < -0.4 is 10.6 Å². The zero-order valence-corrected chi connectivity index (χ0v) is 12.2. The van der Waals surface area contributed by atoms with E-state index in [9.17, 15) is 8.78 Å². The highest BCUT2D eigenvalue weighted by molar-refractivity contribution is 7.80. The second kappa shape index (κ2) is 5.87. The van der Waals surface area contributed by atoms with Crippen molar-refractivity contribution >= 4 is 17.3 Å². The molecule has 0 spiro atoms. The molecule has 5 heteroatoms. The first-order valence-electron chi connectivity index (χ1n) is 6.58. The van der Waals surface area contributed by atoms with Crippen LogP contribution in [0.4, 0.5) is 8.78 Å². The number of rotatable bonds is 5. The zero-order chi connectivity index (χ0) is 14.8. The maximum absolute atomic E-state index is 14.0. The van der Waals surface area contributed by atoms with E-state index < -0.39 is 11.6 Å². The first-order chi connectivity index (χ1) is 9.49. The maximum Gasteiger partial charge on any atom is 0.166 e. The van der Waals surface area contributed by atoms with Crippen molar-refractivity contribution in [3.05, 3.63) is 48.1 Å². The van der Waals surface area contributed by atoms with Crippen LogP contribution >= 0.6 is 12.2 Å². The van der Waals surface area contributed by atoms with Gasteiger partial charge in [0.05, 0.1) is 0 Å². The SMILES string of the molecule is C=CCNC(=S)NCC1(c2ccc(F)cc2F)CC1C. The molecule has 2 rings (SSSR count). The molecule has 0 amide bonds. The van der Waals surface area contributed by atoms with Crippen molar-refractivity contribution in [1.82, 2.24) is 10.6 Å². The minimum absolute atomic E-state index is 0.294. The summed E-state index contributed by atoms with van der Waals surface area (Å²) in [5.41, 5.74) is 0.267. The van der Waals surface area contributed by atoms with E-state index in [4.69, 9.17) is 12.2 Å². The average Bonchev–Trinajstić information content (AvgIpc) is 3.05. The Morgan fingerprint density at radius 1 is 1.50 bits per heavy atom. The van der Waals surface area contributed by atoms with Crippen molar-refractivity contribution in [3.8, 4) is 0 Å². The largest absolute Gasteiger partial charge is 0.362 e. The normalized spacial score (nSPS) is 24.1. The lowest BCUT2D eigenvalue weighted by atomic mass is 9.93. The van der Waals surface area contributed by atoms with Crippen molar-refractivity contribution in [1.29, 1.82) is 0 Å². The van der Waals surface area contributed by atoms with E-state index in [0.29, 0.717) is 29.7 Å². The minimum Gasteiger partial charge on any atom is -0.362 e. The van der Waals surface area contributed by atoms with Crippen LogP contribution in [0.5, 0.6) is 0 Å². The van der Waals surface area contributed by atoms with Crippen molar-refractivity contribution < 1.29 is 8.78 Å². The summed E-state index contributed by atoms with van der Waals surface area (Å²) in [7, 11) is 0. The Morgan fingerprint density at radius 3 is 2.75 bits per heavy atom. The molecule has 1 aliphatic carbocycles. The van der Waals surface area contributed by atoms with Gasteiger partial charge in [-0.1, -0.05) is 19.1 Å². The van der Waals surface area contributed by atoms with E-state index >= 15 is 0 Å². The fourth-order valence-corrected chi connectivity index (χ4v) is 2.72. The molecule has 2 nitrogen and oxygen atoms in total. The highest BCUT2D eigenvalue weighted by Crippen LogP contribution is 2.54. The highest BCUT2D eigenvalue weighted by atomic mass is 32.1.